The van der Waals surface area contributed by atoms with Crippen molar-refractivity contribution >= 4 is 23.4 Å². The number of carbonyl (C=O) groups excluding carboxylic acids is 1. The second kappa shape index (κ2) is 8.35. The molecule has 5 heteroatoms. The first-order chi connectivity index (χ1) is 12.3. The summed E-state index contributed by atoms with van der Waals surface area (Å²) in [6, 6.07) is 15.5. The van der Waals surface area contributed by atoms with Gasteiger partial charge in [0.25, 0.3) is 0 Å². The van der Waals surface area contributed by atoms with Crippen LogP contribution in [-0.2, 0) is 9.53 Å². The van der Waals surface area contributed by atoms with E-state index in [9.17, 15) is 4.79 Å². The van der Waals surface area contributed by atoms with E-state index in [1.165, 1.54) is 6.08 Å². The molecule has 1 heterocycles. The molecule has 1 aliphatic heterocycles. The monoisotopic (exact) mass is 338 g/mol. The second-order valence-electron chi connectivity index (χ2n) is 5.72. The highest BCUT2D eigenvalue weighted by Crippen LogP contribution is 2.31. The van der Waals surface area contributed by atoms with Gasteiger partial charge < -0.3 is 19.7 Å². The maximum Gasteiger partial charge on any atom is 0.248 e. The van der Waals surface area contributed by atoms with Crippen molar-refractivity contribution in [1.82, 2.24) is 0 Å². The zero-order chi connectivity index (χ0) is 17.5. The lowest BCUT2D eigenvalue weighted by atomic mass is 10.2. The predicted molar refractivity (Wildman–Crippen MR) is 100 cm³/mol. The van der Waals surface area contributed by atoms with Crippen molar-refractivity contribution in [1.29, 1.82) is 0 Å². The van der Waals surface area contributed by atoms with Gasteiger partial charge in [-0.05, 0) is 23.8 Å². The summed E-state index contributed by atoms with van der Waals surface area (Å²) < 4.78 is 10.7. The van der Waals surface area contributed by atoms with Crippen LogP contribution in [0.15, 0.2) is 54.6 Å². The van der Waals surface area contributed by atoms with Gasteiger partial charge in [0.05, 0.1) is 31.7 Å². The highest BCUT2D eigenvalue weighted by molar-refractivity contribution is 6.04. The Morgan fingerprint density at radius 3 is 2.64 bits per heavy atom. The molecule has 1 amide bonds. The molecule has 1 fully saturated rings. The van der Waals surface area contributed by atoms with Crippen molar-refractivity contribution in [2.24, 2.45) is 0 Å². The number of benzene rings is 2. The topological polar surface area (TPSA) is 50.8 Å². The number of amides is 1. The van der Waals surface area contributed by atoms with Gasteiger partial charge in [-0.25, -0.2) is 0 Å². The zero-order valence-corrected chi connectivity index (χ0v) is 14.3. The van der Waals surface area contributed by atoms with Crippen LogP contribution in [0.25, 0.3) is 6.08 Å². The van der Waals surface area contributed by atoms with Crippen LogP contribution in [0.3, 0.4) is 0 Å². The Kier molecular flexibility index (Phi) is 5.69. The van der Waals surface area contributed by atoms with Crippen molar-refractivity contribution < 1.29 is 14.3 Å². The minimum atomic E-state index is -0.174. The number of hydrogen-bond acceptors (Lipinski definition) is 4. The number of rotatable bonds is 5. The van der Waals surface area contributed by atoms with Gasteiger partial charge in [-0.1, -0.05) is 30.3 Å². The summed E-state index contributed by atoms with van der Waals surface area (Å²) in [6.45, 7) is 2.98. The smallest absolute Gasteiger partial charge is 0.248 e. The summed E-state index contributed by atoms with van der Waals surface area (Å²) in [4.78, 5) is 14.5. The van der Waals surface area contributed by atoms with Crippen molar-refractivity contribution in [3.05, 3.63) is 60.2 Å². The molecular weight excluding hydrogens is 316 g/mol. The number of methoxy groups -OCH3 is 1. The average Bonchev–Trinajstić information content (AvgIpc) is 2.68. The molecule has 2 aromatic rings. The van der Waals surface area contributed by atoms with E-state index in [0.717, 1.165) is 30.0 Å². The fourth-order valence-corrected chi connectivity index (χ4v) is 2.73. The Morgan fingerprint density at radius 1 is 1.16 bits per heavy atom. The van der Waals surface area contributed by atoms with Crippen LogP contribution in [0.4, 0.5) is 11.4 Å². The molecule has 0 spiro atoms. The van der Waals surface area contributed by atoms with Crippen LogP contribution < -0.4 is 15.0 Å². The fourth-order valence-electron chi connectivity index (χ4n) is 2.73. The van der Waals surface area contributed by atoms with E-state index in [-0.39, 0.29) is 5.91 Å². The van der Waals surface area contributed by atoms with Gasteiger partial charge in [0.2, 0.25) is 5.91 Å². The molecule has 0 saturated carbocycles. The van der Waals surface area contributed by atoms with Gasteiger partial charge >= 0.3 is 0 Å². The largest absolute Gasteiger partial charge is 0.497 e. The van der Waals surface area contributed by atoms with E-state index < -0.39 is 0 Å². The maximum atomic E-state index is 12.3. The van der Waals surface area contributed by atoms with Gasteiger partial charge in [0.1, 0.15) is 5.75 Å². The fraction of sp³-hybridized carbons (Fsp3) is 0.250. The quantitative estimate of drug-likeness (QED) is 0.851. The molecule has 1 N–H and O–H groups in total. The highest BCUT2D eigenvalue weighted by Gasteiger charge is 2.16. The first kappa shape index (κ1) is 17.0. The van der Waals surface area contributed by atoms with Crippen LogP contribution in [0, 0.1) is 0 Å². The first-order valence-electron chi connectivity index (χ1n) is 8.31. The van der Waals surface area contributed by atoms with Crippen molar-refractivity contribution in [2.75, 3.05) is 43.6 Å². The van der Waals surface area contributed by atoms with Gasteiger partial charge in [-0.2, -0.15) is 0 Å². The van der Waals surface area contributed by atoms with Gasteiger partial charge in [0, 0.05) is 25.2 Å². The SMILES string of the molecule is COc1ccc(N2CCOCC2)c(NC(=O)/C=C\c2ccccc2)c1. The number of carbonyl (C=O) groups is 1. The standard InChI is InChI=1S/C20H22N2O3/c1-24-17-8-9-19(22-11-13-25-14-12-22)18(15-17)21-20(23)10-7-16-5-3-2-4-6-16/h2-10,15H,11-14H2,1H3,(H,21,23)/b10-7-. The molecule has 1 saturated heterocycles. The minimum Gasteiger partial charge on any atom is -0.497 e. The molecule has 0 radical (unpaired) electrons. The van der Waals surface area contributed by atoms with E-state index in [2.05, 4.69) is 10.2 Å². The van der Waals surface area contributed by atoms with Crippen LogP contribution in [0.1, 0.15) is 5.56 Å². The van der Waals surface area contributed by atoms with Crippen LogP contribution in [-0.4, -0.2) is 39.3 Å². The van der Waals surface area contributed by atoms with E-state index in [0.29, 0.717) is 19.0 Å². The molecule has 5 nitrogen and oxygen atoms in total. The Morgan fingerprint density at radius 2 is 1.92 bits per heavy atom. The summed E-state index contributed by atoms with van der Waals surface area (Å²) >= 11 is 0. The number of hydrogen-bond donors (Lipinski definition) is 1. The number of anilines is 2. The third-order valence-corrected chi connectivity index (χ3v) is 4.04. The molecule has 3 rings (SSSR count). The molecule has 0 unspecified atom stereocenters. The molecule has 0 aromatic heterocycles. The van der Waals surface area contributed by atoms with E-state index >= 15 is 0 Å². The first-order valence-corrected chi connectivity index (χ1v) is 8.31. The Bertz CT molecular complexity index is 738. The number of nitrogens with zero attached hydrogens (tertiary/aromatic N) is 1. The van der Waals surface area contributed by atoms with Crippen LogP contribution in [0.2, 0.25) is 0 Å². The zero-order valence-electron chi connectivity index (χ0n) is 14.3. The summed E-state index contributed by atoms with van der Waals surface area (Å²) in [5, 5.41) is 2.96. The molecule has 1 aliphatic rings. The Balaban J connectivity index is 1.77. The third kappa shape index (κ3) is 4.61. The molecule has 2 aromatic carbocycles. The predicted octanol–water partition coefficient (Wildman–Crippen LogP) is 3.18. The lowest BCUT2D eigenvalue weighted by molar-refractivity contribution is -0.111. The molecule has 25 heavy (non-hydrogen) atoms. The summed E-state index contributed by atoms with van der Waals surface area (Å²) in [7, 11) is 1.62. The average molecular weight is 338 g/mol. The number of ether oxygens (including phenoxy) is 2. The normalized spacial score (nSPS) is 14.5. The van der Waals surface area contributed by atoms with Gasteiger partial charge in [-0.15, -0.1) is 0 Å². The van der Waals surface area contributed by atoms with Crippen molar-refractivity contribution in [3.8, 4) is 5.75 Å². The maximum absolute atomic E-state index is 12.3. The van der Waals surface area contributed by atoms with E-state index in [1.807, 2.05) is 48.5 Å². The number of nitrogens with one attached hydrogen (secondary N) is 1. The molecule has 0 atom stereocenters. The highest BCUT2D eigenvalue weighted by atomic mass is 16.5. The summed E-state index contributed by atoms with van der Waals surface area (Å²) in [6.07, 6.45) is 3.34. The van der Waals surface area contributed by atoms with E-state index in [4.69, 9.17) is 9.47 Å². The van der Waals surface area contributed by atoms with Crippen molar-refractivity contribution in [2.45, 2.75) is 0 Å². The third-order valence-electron chi connectivity index (χ3n) is 4.04. The Hall–Kier alpha value is -2.79. The van der Waals surface area contributed by atoms with E-state index in [1.54, 1.807) is 13.2 Å². The molecule has 130 valence electrons. The molecular formula is C20H22N2O3. The van der Waals surface area contributed by atoms with Gasteiger partial charge in [-0.3, -0.25) is 4.79 Å². The lowest BCUT2D eigenvalue weighted by Gasteiger charge is -2.30. The number of morpholine rings is 1. The van der Waals surface area contributed by atoms with Crippen molar-refractivity contribution in [3.63, 3.8) is 0 Å². The molecule has 0 bridgehead atoms. The van der Waals surface area contributed by atoms with Crippen LogP contribution in [0.5, 0.6) is 5.75 Å². The summed E-state index contributed by atoms with van der Waals surface area (Å²) in [5.74, 6) is 0.533. The Labute approximate surface area is 147 Å². The van der Waals surface area contributed by atoms with Gasteiger partial charge in [0.15, 0.2) is 0 Å². The van der Waals surface area contributed by atoms with Crippen LogP contribution >= 0.6 is 0 Å². The lowest BCUT2D eigenvalue weighted by Crippen LogP contribution is -2.36. The minimum absolute atomic E-state index is 0.174. The second-order valence-corrected chi connectivity index (χ2v) is 5.72. The molecule has 0 aliphatic carbocycles. The summed E-state index contributed by atoms with van der Waals surface area (Å²) in [5.41, 5.74) is 2.70.